The highest BCUT2D eigenvalue weighted by Gasteiger charge is 2.21. The summed E-state index contributed by atoms with van der Waals surface area (Å²) in [7, 11) is 0. The molecule has 2 aromatic heterocycles. The highest BCUT2D eigenvalue weighted by Crippen LogP contribution is 2.31. The number of halogens is 1. The summed E-state index contributed by atoms with van der Waals surface area (Å²) in [5.41, 5.74) is 4.47. The van der Waals surface area contributed by atoms with Crippen molar-refractivity contribution in [2.24, 2.45) is 0 Å². The Morgan fingerprint density at radius 1 is 1.07 bits per heavy atom. The number of nitrogens with zero attached hydrogens (tertiary/aromatic N) is 1. The Kier molecular flexibility index (Phi) is 5.32. The summed E-state index contributed by atoms with van der Waals surface area (Å²) < 4.78 is 19.0. The molecule has 4 aromatic rings. The van der Waals surface area contributed by atoms with Crippen molar-refractivity contribution in [2.75, 3.05) is 13.2 Å². The second kappa shape index (κ2) is 8.21. The Bertz CT molecular complexity index is 1030. The Morgan fingerprint density at radius 2 is 1.93 bits per heavy atom. The lowest BCUT2D eigenvalue weighted by Crippen LogP contribution is -2.25. The highest BCUT2D eigenvalue weighted by molar-refractivity contribution is 5.64. The first-order valence-electron chi connectivity index (χ1n) is 9.03. The van der Waals surface area contributed by atoms with Crippen LogP contribution in [0.5, 0.6) is 0 Å². The quantitative estimate of drug-likeness (QED) is 0.452. The van der Waals surface area contributed by atoms with Gasteiger partial charge in [0.25, 0.3) is 0 Å². The third-order valence-corrected chi connectivity index (χ3v) is 4.61. The van der Waals surface area contributed by atoms with Crippen molar-refractivity contribution in [3.63, 3.8) is 0 Å². The molecule has 0 radical (unpaired) electrons. The normalized spacial score (nSPS) is 12.2. The molecular formula is C22H20FN3O2. The predicted octanol–water partition coefficient (Wildman–Crippen LogP) is 4.15. The van der Waals surface area contributed by atoms with Gasteiger partial charge in [-0.25, -0.2) is 4.39 Å². The van der Waals surface area contributed by atoms with Gasteiger partial charge in [-0.1, -0.05) is 36.4 Å². The van der Waals surface area contributed by atoms with E-state index in [1.165, 1.54) is 12.1 Å². The number of furan rings is 1. The van der Waals surface area contributed by atoms with E-state index in [4.69, 9.17) is 4.42 Å². The number of aliphatic hydroxyl groups excluding tert-OH is 1. The van der Waals surface area contributed by atoms with Crippen LogP contribution >= 0.6 is 0 Å². The summed E-state index contributed by atoms with van der Waals surface area (Å²) in [5.74, 6) is 0.435. The average molecular weight is 377 g/mol. The van der Waals surface area contributed by atoms with Gasteiger partial charge in [0.05, 0.1) is 25.1 Å². The molecule has 2 aromatic carbocycles. The van der Waals surface area contributed by atoms with Crippen LogP contribution in [0.1, 0.15) is 17.2 Å². The van der Waals surface area contributed by atoms with Gasteiger partial charge in [-0.3, -0.25) is 5.10 Å². The summed E-state index contributed by atoms with van der Waals surface area (Å²) in [6.07, 6.45) is 3.37. The molecule has 1 unspecified atom stereocenters. The van der Waals surface area contributed by atoms with Gasteiger partial charge in [-0.05, 0) is 41.0 Å². The maximum atomic E-state index is 13.5. The lowest BCUT2D eigenvalue weighted by Gasteiger charge is -2.19. The zero-order valence-corrected chi connectivity index (χ0v) is 15.1. The van der Waals surface area contributed by atoms with E-state index in [1.54, 1.807) is 18.5 Å². The fourth-order valence-electron chi connectivity index (χ4n) is 3.28. The van der Waals surface area contributed by atoms with Crippen LogP contribution in [-0.2, 0) is 0 Å². The van der Waals surface area contributed by atoms with Crippen molar-refractivity contribution in [3.8, 4) is 22.6 Å². The van der Waals surface area contributed by atoms with Gasteiger partial charge in [0, 0.05) is 12.1 Å². The van der Waals surface area contributed by atoms with Crippen LogP contribution in [0, 0.1) is 5.82 Å². The molecule has 0 spiro atoms. The molecule has 28 heavy (non-hydrogen) atoms. The zero-order valence-electron chi connectivity index (χ0n) is 15.1. The second-order valence-electron chi connectivity index (χ2n) is 6.42. The van der Waals surface area contributed by atoms with Gasteiger partial charge < -0.3 is 14.8 Å². The van der Waals surface area contributed by atoms with Gasteiger partial charge in [-0.2, -0.15) is 5.10 Å². The lowest BCUT2D eigenvalue weighted by molar-refractivity contribution is 0.288. The standard InChI is InChI=1S/C22H20FN3O2/c23-18-4-1-3-17(13-18)15-6-8-16(9-7-15)21(24-10-11-27)19-14-25-26-22(19)20-5-2-12-28-20/h1-9,12-14,21,24,27H,10-11H2,(H,25,26). The topological polar surface area (TPSA) is 74.1 Å². The molecule has 1 atom stereocenters. The largest absolute Gasteiger partial charge is 0.463 e. The number of benzene rings is 2. The van der Waals surface area contributed by atoms with Crippen molar-refractivity contribution in [3.05, 3.63) is 90.1 Å². The number of hydrogen-bond donors (Lipinski definition) is 3. The summed E-state index contributed by atoms with van der Waals surface area (Å²) in [6, 6.07) is 17.9. The van der Waals surface area contributed by atoms with Crippen LogP contribution in [0.3, 0.4) is 0 Å². The minimum absolute atomic E-state index is 0.0197. The first-order chi connectivity index (χ1) is 13.8. The first-order valence-corrected chi connectivity index (χ1v) is 9.03. The maximum Gasteiger partial charge on any atom is 0.151 e. The van der Waals surface area contributed by atoms with E-state index >= 15 is 0 Å². The van der Waals surface area contributed by atoms with Crippen molar-refractivity contribution in [1.29, 1.82) is 0 Å². The van der Waals surface area contributed by atoms with Crippen LogP contribution in [0.4, 0.5) is 4.39 Å². The molecule has 0 saturated heterocycles. The number of rotatable bonds is 7. The van der Waals surface area contributed by atoms with E-state index in [9.17, 15) is 9.50 Å². The maximum absolute atomic E-state index is 13.5. The number of aliphatic hydroxyl groups is 1. The van der Waals surface area contributed by atoms with Crippen LogP contribution < -0.4 is 5.32 Å². The number of H-pyrrole nitrogens is 1. The molecule has 6 heteroatoms. The van der Waals surface area contributed by atoms with Gasteiger partial charge in [-0.15, -0.1) is 0 Å². The molecule has 5 nitrogen and oxygen atoms in total. The van der Waals surface area contributed by atoms with Crippen molar-refractivity contribution >= 4 is 0 Å². The summed E-state index contributed by atoms with van der Waals surface area (Å²) in [5, 5.41) is 19.8. The molecule has 142 valence electrons. The third-order valence-electron chi connectivity index (χ3n) is 4.61. The van der Waals surface area contributed by atoms with Crippen LogP contribution in [0.25, 0.3) is 22.6 Å². The second-order valence-corrected chi connectivity index (χ2v) is 6.42. The van der Waals surface area contributed by atoms with Crippen molar-refractivity contribution in [2.45, 2.75) is 6.04 Å². The monoisotopic (exact) mass is 377 g/mol. The van der Waals surface area contributed by atoms with Crippen LogP contribution in [0.2, 0.25) is 0 Å². The lowest BCUT2D eigenvalue weighted by atomic mass is 9.95. The molecule has 3 N–H and O–H groups in total. The Balaban J connectivity index is 1.68. The minimum atomic E-state index is -0.259. The molecule has 0 bridgehead atoms. The fraction of sp³-hybridized carbons (Fsp3) is 0.136. The predicted molar refractivity (Wildman–Crippen MR) is 105 cm³/mol. The summed E-state index contributed by atoms with van der Waals surface area (Å²) in [4.78, 5) is 0. The van der Waals surface area contributed by atoms with Gasteiger partial charge in [0.2, 0.25) is 0 Å². The minimum Gasteiger partial charge on any atom is -0.463 e. The van der Waals surface area contributed by atoms with E-state index in [1.807, 2.05) is 42.5 Å². The third kappa shape index (κ3) is 3.74. The molecule has 0 fully saturated rings. The Morgan fingerprint density at radius 3 is 2.64 bits per heavy atom. The van der Waals surface area contributed by atoms with Crippen molar-refractivity contribution in [1.82, 2.24) is 15.5 Å². The van der Waals surface area contributed by atoms with E-state index in [2.05, 4.69) is 15.5 Å². The summed E-state index contributed by atoms with van der Waals surface area (Å²) in [6.45, 7) is 0.449. The van der Waals surface area contributed by atoms with E-state index < -0.39 is 0 Å². The zero-order chi connectivity index (χ0) is 19.3. The smallest absolute Gasteiger partial charge is 0.151 e. The number of nitrogens with one attached hydrogen (secondary N) is 2. The molecule has 0 amide bonds. The van der Waals surface area contributed by atoms with Crippen molar-refractivity contribution < 1.29 is 13.9 Å². The molecule has 0 aliphatic rings. The number of aromatic nitrogens is 2. The molecule has 0 saturated carbocycles. The SMILES string of the molecule is OCCNC(c1ccc(-c2cccc(F)c2)cc1)c1cn[nH]c1-c1ccco1. The van der Waals surface area contributed by atoms with E-state index in [0.717, 1.165) is 27.9 Å². The first kappa shape index (κ1) is 18.2. The molecule has 4 rings (SSSR count). The van der Waals surface area contributed by atoms with Crippen LogP contribution in [-0.4, -0.2) is 28.5 Å². The number of hydrogen-bond acceptors (Lipinski definition) is 4. The summed E-state index contributed by atoms with van der Waals surface area (Å²) >= 11 is 0. The molecule has 2 heterocycles. The van der Waals surface area contributed by atoms with Gasteiger partial charge in [0.1, 0.15) is 11.5 Å². The van der Waals surface area contributed by atoms with E-state index in [-0.39, 0.29) is 18.5 Å². The Hall–Kier alpha value is -3.22. The number of aromatic amines is 1. The fourth-order valence-corrected chi connectivity index (χ4v) is 3.28. The van der Waals surface area contributed by atoms with E-state index in [0.29, 0.717) is 12.3 Å². The molecule has 0 aliphatic heterocycles. The van der Waals surface area contributed by atoms with Gasteiger partial charge in [0.15, 0.2) is 5.76 Å². The molecular weight excluding hydrogens is 357 g/mol. The van der Waals surface area contributed by atoms with Crippen LogP contribution in [0.15, 0.2) is 77.5 Å². The van der Waals surface area contributed by atoms with Gasteiger partial charge >= 0.3 is 0 Å². The highest BCUT2D eigenvalue weighted by atomic mass is 19.1. The Labute approximate surface area is 161 Å². The molecule has 0 aliphatic carbocycles. The average Bonchev–Trinajstić information content (AvgIpc) is 3.40.